The minimum absolute atomic E-state index is 0.0327. The highest BCUT2D eigenvalue weighted by atomic mass is 19.3. The van der Waals surface area contributed by atoms with E-state index in [9.17, 15) is 23.2 Å². The maximum absolute atomic E-state index is 13.2. The molecular formula is C26H27F2N3O5. The Morgan fingerprint density at radius 2 is 1.97 bits per heavy atom. The third-order valence-corrected chi connectivity index (χ3v) is 6.89. The standard InChI is InChI=1S/C26H27F2N3O5/c1-14(32)31-12-18(16-4-7-22(36-26(27)28)23(10-16)35-13-15-2-3-15)9-21(31)25(34)30-19-5-6-20-17(8-19)11-29-24(20)33/h4-8,10,15,18,21,26H,2-3,9,11-13H2,1H3,(H,29,33)(H,30,34)/t18?,21-/m1/s1. The van der Waals surface area contributed by atoms with Crippen LogP contribution in [0.2, 0.25) is 0 Å². The normalized spacial score (nSPS) is 20.8. The third kappa shape index (κ3) is 5.12. The molecule has 0 bridgehead atoms. The summed E-state index contributed by atoms with van der Waals surface area (Å²) in [5.41, 5.74) is 2.71. The number of halogens is 2. The lowest BCUT2D eigenvalue weighted by Crippen LogP contribution is -2.42. The summed E-state index contributed by atoms with van der Waals surface area (Å²) in [7, 11) is 0. The maximum Gasteiger partial charge on any atom is 0.387 e. The number of nitrogens with zero attached hydrogens (tertiary/aromatic N) is 1. The summed E-state index contributed by atoms with van der Waals surface area (Å²) in [6, 6.07) is 9.18. The van der Waals surface area contributed by atoms with Crippen molar-refractivity contribution < 1.29 is 32.6 Å². The molecule has 2 N–H and O–H groups in total. The summed E-state index contributed by atoms with van der Waals surface area (Å²) >= 11 is 0. The first-order valence-electron chi connectivity index (χ1n) is 12.0. The molecule has 2 heterocycles. The Morgan fingerprint density at radius 1 is 1.17 bits per heavy atom. The molecule has 2 aliphatic heterocycles. The molecule has 5 rings (SSSR count). The number of ether oxygens (including phenoxy) is 2. The summed E-state index contributed by atoms with van der Waals surface area (Å²) in [5.74, 6) is -0.256. The molecule has 2 fully saturated rings. The zero-order valence-corrected chi connectivity index (χ0v) is 19.8. The number of carbonyl (C=O) groups is 3. The highest BCUT2D eigenvalue weighted by molar-refractivity contribution is 6.01. The van der Waals surface area contributed by atoms with Crippen LogP contribution in [-0.4, -0.2) is 48.4 Å². The van der Waals surface area contributed by atoms with E-state index in [0.717, 1.165) is 24.0 Å². The van der Waals surface area contributed by atoms with Gasteiger partial charge in [0.15, 0.2) is 11.5 Å². The Balaban J connectivity index is 1.33. The fraction of sp³-hybridized carbons (Fsp3) is 0.423. The van der Waals surface area contributed by atoms with Gasteiger partial charge < -0.3 is 25.0 Å². The van der Waals surface area contributed by atoms with Gasteiger partial charge in [-0.15, -0.1) is 0 Å². The zero-order valence-electron chi connectivity index (χ0n) is 19.8. The van der Waals surface area contributed by atoms with Crippen molar-refractivity contribution in [3.05, 3.63) is 53.1 Å². The van der Waals surface area contributed by atoms with Crippen LogP contribution in [0.1, 0.15) is 53.6 Å². The minimum Gasteiger partial charge on any atom is -0.489 e. The van der Waals surface area contributed by atoms with Crippen LogP contribution in [0.4, 0.5) is 14.5 Å². The van der Waals surface area contributed by atoms with E-state index in [1.807, 2.05) is 0 Å². The van der Waals surface area contributed by atoms with Gasteiger partial charge in [0.1, 0.15) is 6.04 Å². The lowest BCUT2D eigenvalue weighted by molar-refractivity contribution is -0.134. The quantitative estimate of drug-likeness (QED) is 0.578. The van der Waals surface area contributed by atoms with E-state index in [-0.39, 0.29) is 35.1 Å². The van der Waals surface area contributed by atoms with E-state index < -0.39 is 12.7 Å². The fourth-order valence-electron chi connectivity index (χ4n) is 4.79. The third-order valence-electron chi connectivity index (χ3n) is 6.89. The summed E-state index contributed by atoms with van der Waals surface area (Å²) in [5, 5.41) is 5.61. The second kappa shape index (κ2) is 9.75. The number of fused-ring (bicyclic) bond motifs is 1. The van der Waals surface area contributed by atoms with Crippen LogP contribution < -0.4 is 20.1 Å². The molecule has 190 valence electrons. The summed E-state index contributed by atoms with van der Waals surface area (Å²) in [6.45, 7) is -0.411. The van der Waals surface area contributed by atoms with E-state index >= 15 is 0 Å². The number of amides is 3. The number of hydrogen-bond acceptors (Lipinski definition) is 5. The highest BCUT2D eigenvalue weighted by Crippen LogP contribution is 2.39. The number of rotatable bonds is 8. The van der Waals surface area contributed by atoms with Crippen molar-refractivity contribution in [1.29, 1.82) is 0 Å². The first-order valence-corrected chi connectivity index (χ1v) is 12.0. The lowest BCUT2D eigenvalue weighted by atomic mass is 9.95. The molecule has 2 atom stereocenters. The summed E-state index contributed by atoms with van der Waals surface area (Å²) < 4.78 is 36.2. The second-order valence-electron chi connectivity index (χ2n) is 9.50. The summed E-state index contributed by atoms with van der Waals surface area (Å²) in [4.78, 5) is 38.9. The molecule has 0 spiro atoms. The van der Waals surface area contributed by atoms with Crippen LogP contribution >= 0.6 is 0 Å². The van der Waals surface area contributed by atoms with E-state index in [0.29, 0.717) is 43.3 Å². The predicted octanol–water partition coefficient (Wildman–Crippen LogP) is 3.66. The van der Waals surface area contributed by atoms with Crippen molar-refractivity contribution in [3.8, 4) is 11.5 Å². The van der Waals surface area contributed by atoms with Crippen LogP contribution in [0.5, 0.6) is 11.5 Å². The predicted molar refractivity (Wildman–Crippen MR) is 126 cm³/mol. The van der Waals surface area contributed by atoms with Gasteiger partial charge in [-0.1, -0.05) is 6.07 Å². The topological polar surface area (TPSA) is 97.0 Å². The Bertz CT molecular complexity index is 1200. The van der Waals surface area contributed by atoms with E-state index in [1.54, 1.807) is 30.3 Å². The molecule has 1 aliphatic carbocycles. The van der Waals surface area contributed by atoms with Gasteiger partial charge >= 0.3 is 6.61 Å². The SMILES string of the molecule is CC(=O)N1CC(c2ccc(OC(F)F)c(OCC3CC3)c2)C[C@@H]1C(=O)Nc1ccc2c(c1)CNC2=O. The van der Waals surface area contributed by atoms with Crippen molar-refractivity contribution in [1.82, 2.24) is 10.2 Å². The molecule has 2 aromatic rings. The fourth-order valence-corrected chi connectivity index (χ4v) is 4.79. The van der Waals surface area contributed by atoms with E-state index in [1.165, 1.54) is 17.9 Å². The van der Waals surface area contributed by atoms with Gasteiger partial charge in [0.05, 0.1) is 6.61 Å². The van der Waals surface area contributed by atoms with Crippen LogP contribution in [0.25, 0.3) is 0 Å². The van der Waals surface area contributed by atoms with Gasteiger partial charge in [0.2, 0.25) is 11.8 Å². The van der Waals surface area contributed by atoms with Crippen LogP contribution in [0.15, 0.2) is 36.4 Å². The number of anilines is 1. The number of alkyl halides is 2. The first kappa shape index (κ1) is 24.0. The number of benzene rings is 2. The average molecular weight is 500 g/mol. The highest BCUT2D eigenvalue weighted by Gasteiger charge is 2.39. The van der Waals surface area contributed by atoms with Crippen LogP contribution in [-0.2, 0) is 16.1 Å². The Kier molecular flexibility index (Phi) is 6.51. The largest absolute Gasteiger partial charge is 0.489 e. The van der Waals surface area contributed by atoms with Gasteiger partial charge in [-0.2, -0.15) is 8.78 Å². The minimum atomic E-state index is -2.97. The average Bonchev–Trinajstić information content (AvgIpc) is 3.44. The molecule has 3 amide bonds. The van der Waals surface area contributed by atoms with Crippen molar-refractivity contribution in [2.75, 3.05) is 18.5 Å². The molecule has 0 radical (unpaired) electrons. The van der Waals surface area contributed by atoms with Gasteiger partial charge in [-0.05, 0) is 66.6 Å². The molecule has 10 heteroatoms. The monoisotopic (exact) mass is 499 g/mol. The Morgan fingerprint density at radius 3 is 2.69 bits per heavy atom. The first-order chi connectivity index (χ1) is 17.3. The molecule has 1 saturated carbocycles. The smallest absolute Gasteiger partial charge is 0.387 e. The molecule has 0 aromatic heterocycles. The maximum atomic E-state index is 13.2. The molecule has 1 unspecified atom stereocenters. The number of likely N-dealkylation sites (tertiary alicyclic amines) is 1. The van der Waals surface area contributed by atoms with Crippen molar-refractivity contribution in [2.45, 2.75) is 51.3 Å². The Hall–Kier alpha value is -3.69. The molecule has 3 aliphatic rings. The Labute approximate surface area is 206 Å². The van der Waals surface area contributed by atoms with Crippen LogP contribution in [0, 0.1) is 5.92 Å². The number of hydrogen-bond donors (Lipinski definition) is 2. The van der Waals surface area contributed by atoms with E-state index in [4.69, 9.17) is 4.74 Å². The number of nitrogens with one attached hydrogen (secondary N) is 2. The van der Waals surface area contributed by atoms with Gasteiger partial charge in [-0.3, -0.25) is 14.4 Å². The molecule has 2 aromatic carbocycles. The van der Waals surface area contributed by atoms with Gasteiger partial charge in [0, 0.05) is 37.2 Å². The number of carbonyl (C=O) groups excluding carboxylic acids is 3. The van der Waals surface area contributed by atoms with Crippen molar-refractivity contribution >= 4 is 23.4 Å². The molecule has 36 heavy (non-hydrogen) atoms. The van der Waals surface area contributed by atoms with E-state index in [2.05, 4.69) is 15.4 Å². The van der Waals surface area contributed by atoms with Crippen molar-refractivity contribution in [3.63, 3.8) is 0 Å². The lowest BCUT2D eigenvalue weighted by Gasteiger charge is -2.22. The van der Waals surface area contributed by atoms with Gasteiger partial charge in [0.25, 0.3) is 5.91 Å². The summed E-state index contributed by atoms with van der Waals surface area (Å²) in [6.07, 6.45) is 2.47. The zero-order chi connectivity index (χ0) is 25.4. The van der Waals surface area contributed by atoms with Gasteiger partial charge in [-0.25, -0.2) is 0 Å². The molecule has 8 nitrogen and oxygen atoms in total. The van der Waals surface area contributed by atoms with Crippen molar-refractivity contribution in [2.24, 2.45) is 5.92 Å². The molecule has 1 saturated heterocycles. The molecular weight excluding hydrogens is 472 g/mol. The second-order valence-corrected chi connectivity index (χ2v) is 9.50. The van der Waals surface area contributed by atoms with Crippen LogP contribution in [0.3, 0.4) is 0 Å².